The van der Waals surface area contributed by atoms with Gasteiger partial charge in [0, 0.05) is 25.2 Å². The second-order valence-corrected chi connectivity index (χ2v) is 8.09. The van der Waals surface area contributed by atoms with Crippen molar-refractivity contribution in [2.75, 3.05) is 19.6 Å². The molecular formula is C17H21N3OS. The standard InChI is InChI=1S/C17H21N3OS/c1-2-4-12(5-3-1)16-18-19-17(22-16)21-15-13-6-11-7-14(15)10-20(8-11)9-13/h1-5,11,13-15,17,19H,6-10H2/t11?,13-,14?,15?,17?/m0/s1. The molecule has 4 aliphatic heterocycles. The fraction of sp³-hybridized carbons (Fsp3) is 0.588. The molecule has 5 unspecified atom stereocenters. The maximum absolute atomic E-state index is 6.45. The van der Waals surface area contributed by atoms with Crippen LogP contribution in [0.3, 0.4) is 0 Å². The number of hydrogen-bond acceptors (Lipinski definition) is 5. The number of ether oxygens (including phenoxy) is 1. The van der Waals surface area contributed by atoms with Crippen LogP contribution >= 0.6 is 11.8 Å². The fourth-order valence-corrected chi connectivity index (χ4v) is 5.64. The molecule has 1 N–H and O–H groups in total. The summed E-state index contributed by atoms with van der Waals surface area (Å²) in [4.78, 5) is 2.65. The summed E-state index contributed by atoms with van der Waals surface area (Å²) >= 11 is 1.71. The Balaban J connectivity index is 1.25. The molecule has 0 aromatic heterocycles. The molecule has 0 spiro atoms. The average molecular weight is 315 g/mol. The molecule has 4 fully saturated rings. The minimum absolute atomic E-state index is 0.0206. The Morgan fingerprint density at radius 2 is 1.86 bits per heavy atom. The van der Waals surface area contributed by atoms with Crippen molar-refractivity contribution in [1.29, 1.82) is 0 Å². The molecule has 116 valence electrons. The topological polar surface area (TPSA) is 36.9 Å². The Hall–Kier alpha value is -1.04. The molecule has 5 heteroatoms. The Bertz CT molecular complexity index is 563. The van der Waals surface area contributed by atoms with E-state index in [4.69, 9.17) is 4.74 Å². The Labute approximate surface area is 135 Å². The first-order valence-corrected chi connectivity index (χ1v) is 9.16. The number of nitrogens with zero attached hydrogens (tertiary/aromatic N) is 2. The number of hydrogen-bond donors (Lipinski definition) is 1. The van der Waals surface area contributed by atoms with E-state index in [0.29, 0.717) is 6.10 Å². The molecule has 5 aliphatic rings. The van der Waals surface area contributed by atoms with Gasteiger partial charge in [-0.3, -0.25) is 5.43 Å². The second-order valence-electron chi connectivity index (χ2n) is 7.04. The van der Waals surface area contributed by atoms with Gasteiger partial charge in [0.1, 0.15) is 5.04 Å². The van der Waals surface area contributed by atoms with Crippen LogP contribution in [0.15, 0.2) is 35.4 Å². The van der Waals surface area contributed by atoms with Crippen LogP contribution in [0, 0.1) is 17.8 Å². The lowest BCUT2D eigenvalue weighted by atomic mass is 9.66. The van der Waals surface area contributed by atoms with Crippen LogP contribution in [-0.4, -0.2) is 41.2 Å². The van der Waals surface area contributed by atoms with Gasteiger partial charge < -0.3 is 9.64 Å². The van der Waals surface area contributed by atoms with Gasteiger partial charge in [0.15, 0.2) is 5.56 Å². The lowest BCUT2D eigenvalue weighted by Gasteiger charge is -2.55. The highest BCUT2D eigenvalue weighted by Crippen LogP contribution is 2.45. The van der Waals surface area contributed by atoms with E-state index in [0.717, 1.165) is 22.8 Å². The van der Waals surface area contributed by atoms with Crippen molar-refractivity contribution >= 4 is 16.8 Å². The van der Waals surface area contributed by atoms with Crippen molar-refractivity contribution in [3.8, 4) is 0 Å². The summed E-state index contributed by atoms with van der Waals surface area (Å²) in [5, 5.41) is 5.50. The molecule has 4 heterocycles. The van der Waals surface area contributed by atoms with Crippen LogP contribution in [0.25, 0.3) is 0 Å². The van der Waals surface area contributed by atoms with Crippen molar-refractivity contribution in [2.24, 2.45) is 22.9 Å². The predicted molar refractivity (Wildman–Crippen MR) is 88.5 cm³/mol. The third-order valence-corrected chi connectivity index (χ3v) is 6.48. The largest absolute Gasteiger partial charge is 0.343 e. The quantitative estimate of drug-likeness (QED) is 0.929. The zero-order valence-corrected chi connectivity index (χ0v) is 13.3. The SMILES string of the molecule is c1ccc(C2=NNC(OC3C4CC5C[C@H]3CN(C5)C4)S2)cc1. The van der Waals surface area contributed by atoms with Crippen LogP contribution in [-0.2, 0) is 4.74 Å². The van der Waals surface area contributed by atoms with Crippen LogP contribution in [0.2, 0.25) is 0 Å². The second kappa shape index (κ2) is 5.25. The van der Waals surface area contributed by atoms with Crippen LogP contribution in [0.4, 0.5) is 0 Å². The van der Waals surface area contributed by atoms with Gasteiger partial charge >= 0.3 is 0 Å². The number of hydrazone groups is 1. The summed E-state index contributed by atoms with van der Waals surface area (Å²) in [6.07, 6.45) is 3.14. The van der Waals surface area contributed by atoms with Crippen LogP contribution in [0.5, 0.6) is 0 Å². The molecule has 22 heavy (non-hydrogen) atoms. The number of nitrogens with one attached hydrogen (secondary N) is 1. The maximum atomic E-state index is 6.45. The van der Waals surface area contributed by atoms with E-state index in [1.807, 2.05) is 6.07 Å². The highest BCUT2D eigenvalue weighted by atomic mass is 32.2. The number of piperidine rings is 3. The van der Waals surface area contributed by atoms with Crippen molar-refractivity contribution in [1.82, 2.24) is 10.3 Å². The van der Waals surface area contributed by atoms with E-state index in [1.165, 1.54) is 38.0 Å². The van der Waals surface area contributed by atoms with E-state index in [9.17, 15) is 0 Å². The van der Waals surface area contributed by atoms with Crippen molar-refractivity contribution < 1.29 is 4.74 Å². The number of rotatable bonds is 3. The molecule has 1 aliphatic carbocycles. The van der Waals surface area contributed by atoms with Crippen molar-refractivity contribution in [3.05, 3.63) is 35.9 Å². The highest BCUT2D eigenvalue weighted by molar-refractivity contribution is 8.15. The van der Waals surface area contributed by atoms with Crippen LogP contribution in [0.1, 0.15) is 18.4 Å². The van der Waals surface area contributed by atoms with E-state index in [2.05, 4.69) is 39.7 Å². The zero-order valence-electron chi connectivity index (χ0n) is 12.5. The predicted octanol–water partition coefficient (Wildman–Crippen LogP) is 2.33. The molecule has 1 aromatic carbocycles. The zero-order chi connectivity index (χ0) is 14.5. The first-order chi connectivity index (χ1) is 10.8. The van der Waals surface area contributed by atoms with Gasteiger partial charge in [-0.1, -0.05) is 30.3 Å². The molecule has 4 bridgehead atoms. The van der Waals surface area contributed by atoms with Gasteiger partial charge in [0.25, 0.3) is 0 Å². The van der Waals surface area contributed by atoms with E-state index in [-0.39, 0.29) is 5.56 Å². The number of benzene rings is 1. The first-order valence-electron chi connectivity index (χ1n) is 8.28. The van der Waals surface area contributed by atoms with Gasteiger partial charge in [-0.25, -0.2) is 0 Å². The molecule has 6 rings (SSSR count). The number of thioether (sulfide) groups is 1. The van der Waals surface area contributed by atoms with E-state index in [1.54, 1.807) is 11.8 Å². The Morgan fingerprint density at radius 1 is 1.09 bits per heavy atom. The average Bonchev–Trinajstić information content (AvgIpc) is 3.00. The van der Waals surface area contributed by atoms with Crippen LogP contribution < -0.4 is 5.43 Å². The summed E-state index contributed by atoms with van der Waals surface area (Å²) in [6, 6.07) is 10.4. The van der Waals surface area contributed by atoms with Gasteiger partial charge in [-0.15, -0.1) is 0 Å². The summed E-state index contributed by atoms with van der Waals surface area (Å²) in [7, 11) is 0. The summed E-state index contributed by atoms with van der Waals surface area (Å²) < 4.78 is 6.45. The minimum Gasteiger partial charge on any atom is -0.343 e. The lowest BCUT2D eigenvalue weighted by molar-refractivity contribution is -0.148. The smallest absolute Gasteiger partial charge is 0.197 e. The highest BCUT2D eigenvalue weighted by Gasteiger charge is 2.49. The molecule has 3 saturated heterocycles. The molecule has 0 amide bonds. The normalized spacial score (nSPS) is 42.3. The summed E-state index contributed by atoms with van der Waals surface area (Å²) in [5.41, 5.74) is 4.33. The summed E-state index contributed by atoms with van der Waals surface area (Å²) in [5.74, 6) is 2.39. The van der Waals surface area contributed by atoms with Gasteiger partial charge in [0.2, 0.25) is 0 Å². The third kappa shape index (κ3) is 2.27. The fourth-order valence-electron chi connectivity index (χ4n) is 4.77. The Morgan fingerprint density at radius 3 is 2.59 bits per heavy atom. The molecule has 6 atom stereocenters. The van der Waals surface area contributed by atoms with Gasteiger partial charge in [-0.2, -0.15) is 5.10 Å². The summed E-state index contributed by atoms with van der Waals surface area (Å²) in [6.45, 7) is 3.81. The monoisotopic (exact) mass is 315 g/mol. The third-order valence-electron chi connectivity index (χ3n) is 5.49. The van der Waals surface area contributed by atoms with Gasteiger partial charge in [0.05, 0.1) is 6.10 Å². The minimum atomic E-state index is -0.0206. The van der Waals surface area contributed by atoms with E-state index >= 15 is 0 Å². The first kappa shape index (κ1) is 13.4. The van der Waals surface area contributed by atoms with Crippen molar-refractivity contribution in [3.63, 3.8) is 0 Å². The van der Waals surface area contributed by atoms with Crippen molar-refractivity contribution in [2.45, 2.75) is 24.5 Å². The molecule has 1 aromatic rings. The lowest BCUT2D eigenvalue weighted by Crippen LogP contribution is -2.61. The molecule has 1 saturated carbocycles. The molecule has 4 nitrogen and oxygen atoms in total. The van der Waals surface area contributed by atoms with Gasteiger partial charge in [-0.05, 0) is 42.4 Å². The Kier molecular flexibility index (Phi) is 3.20. The molecule has 0 radical (unpaired) electrons. The molecular weight excluding hydrogens is 294 g/mol. The van der Waals surface area contributed by atoms with E-state index < -0.39 is 0 Å². The maximum Gasteiger partial charge on any atom is 0.197 e.